The minimum atomic E-state index is 0. The van der Waals surface area contributed by atoms with Gasteiger partial charge in [-0.3, -0.25) is 4.79 Å². The Morgan fingerprint density at radius 1 is 1.14 bits per heavy atom. The van der Waals surface area contributed by atoms with Crippen molar-refractivity contribution in [2.75, 3.05) is 31.1 Å². The Balaban J connectivity index is 0.00000121. The molecule has 3 rings (SSSR count). The van der Waals surface area contributed by atoms with Gasteiger partial charge in [0.05, 0.1) is 5.92 Å². The highest BCUT2D eigenvalue weighted by molar-refractivity contribution is 5.85. The quantitative estimate of drug-likeness (QED) is 0.885. The van der Waals surface area contributed by atoms with Gasteiger partial charge < -0.3 is 15.5 Å². The van der Waals surface area contributed by atoms with Crippen molar-refractivity contribution in [1.82, 2.24) is 9.88 Å². The largest absolute Gasteiger partial charge is 0.353 e. The smallest absolute Gasteiger partial charge is 0.227 e. The zero-order valence-corrected chi connectivity index (χ0v) is 14.2. The summed E-state index contributed by atoms with van der Waals surface area (Å²) in [5.74, 6) is 1.31. The first kappa shape index (κ1) is 19.0. The lowest BCUT2D eigenvalue weighted by atomic mass is 10.0. The SMILES string of the molecule is Cl.Cl.NC1CCCC1C(=O)N1CCN(c2ccccn2)CC1. The molecule has 2 N–H and O–H groups in total. The molecule has 124 valence electrons. The van der Waals surface area contributed by atoms with Crippen LogP contribution in [0, 0.1) is 5.92 Å². The Bertz CT molecular complexity index is 466. The summed E-state index contributed by atoms with van der Waals surface area (Å²) in [5, 5.41) is 0. The van der Waals surface area contributed by atoms with Gasteiger partial charge in [-0.15, -0.1) is 24.8 Å². The molecule has 2 heterocycles. The van der Waals surface area contributed by atoms with E-state index in [0.29, 0.717) is 0 Å². The summed E-state index contributed by atoms with van der Waals surface area (Å²) >= 11 is 0. The molecule has 0 aromatic carbocycles. The molecule has 1 saturated carbocycles. The Morgan fingerprint density at radius 3 is 2.41 bits per heavy atom. The monoisotopic (exact) mass is 346 g/mol. The lowest BCUT2D eigenvalue weighted by Crippen LogP contribution is -2.52. The third-order valence-corrected chi connectivity index (χ3v) is 4.45. The van der Waals surface area contributed by atoms with Crippen molar-refractivity contribution in [2.45, 2.75) is 25.3 Å². The molecule has 1 aromatic heterocycles. The molecule has 1 amide bonds. The van der Waals surface area contributed by atoms with Crippen LogP contribution in [0.4, 0.5) is 5.82 Å². The van der Waals surface area contributed by atoms with Crippen LogP contribution in [0.2, 0.25) is 0 Å². The van der Waals surface area contributed by atoms with Crippen LogP contribution in [0.25, 0.3) is 0 Å². The van der Waals surface area contributed by atoms with Gasteiger partial charge in [-0.1, -0.05) is 12.5 Å². The maximum atomic E-state index is 12.5. The fourth-order valence-corrected chi connectivity index (χ4v) is 3.23. The Kier molecular flexibility index (Phi) is 7.39. The number of anilines is 1. The predicted molar refractivity (Wildman–Crippen MR) is 92.8 cm³/mol. The van der Waals surface area contributed by atoms with Crippen molar-refractivity contribution in [1.29, 1.82) is 0 Å². The van der Waals surface area contributed by atoms with Gasteiger partial charge in [0.25, 0.3) is 0 Å². The van der Waals surface area contributed by atoms with Gasteiger partial charge in [0.1, 0.15) is 5.82 Å². The molecule has 7 heteroatoms. The Labute approximate surface area is 144 Å². The number of hydrogen-bond donors (Lipinski definition) is 1. The van der Waals surface area contributed by atoms with Crippen LogP contribution in [-0.4, -0.2) is 48.0 Å². The molecule has 1 aromatic rings. The first-order chi connectivity index (χ1) is 9.75. The second kappa shape index (κ2) is 8.56. The number of nitrogens with zero attached hydrogens (tertiary/aromatic N) is 3. The van der Waals surface area contributed by atoms with Crippen molar-refractivity contribution in [2.24, 2.45) is 11.7 Å². The molecule has 5 nitrogen and oxygen atoms in total. The zero-order chi connectivity index (χ0) is 13.9. The van der Waals surface area contributed by atoms with Crippen LogP contribution in [0.3, 0.4) is 0 Å². The summed E-state index contributed by atoms with van der Waals surface area (Å²) in [6.07, 6.45) is 4.85. The number of piperazine rings is 1. The number of carbonyl (C=O) groups is 1. The number of nitrogens with two attached hydrogens (primary N) is 1. The maximum Gasteiger partial charge on any atom is 0.227 e. The van der Waals surface area contributed by atoms with E-state index in [2.05, 4.69) is 9.88 Å². The average molecular weight is 347 g/mol. The lowest BCUT2D eigenvalue weighted by Gasteiger charge is -2.37. The van der Waals surface area contributed by atoms with Crippen LogP contribution in [0.15, 0.2) is 24.4 Å². The molecular formula is C15H24Cl2N4O. The van der Waals surface area contributed by atoms with E-state index in [1.165, 1.54) is 0 Å². The van der Waals surface area contributed by atoms with E-state index in [0.717, 1.165) is 51.3 Å². The summed E-state index contributed by atoms with van der Waals surface area (Å²) in [6.45, 7) is 3.26. The van der Waals surface area contributed by atoms with Crippen molar-refractivity contribution < 1.29 is 4.79 Å². The van der Waals surface area contributed by atoms with Crippen LogP contribution in [0.1, 0.15) is 19.3 Å². The standard InChI is InChI=1S/C15H22N4O.2ClH/c16-13-5-3-4-12(13)15(20)19-10-8-18(9-11-19)14-6-1-2-7-17-14;;/h1-2,6-7,12-13H,3-5,8-11,16H2;2*1H. The molecule has 2 aliphatic rings. The minimum Gasteiger partial charge on any atom is -0.353 e. The molecule has 1 aliphatic heterocycles. The van der Waals surface area contributed by atoms with Gasteiger partial charge in [-0.05, 0) is 25.0 Å². The van der Waals surface area contributed by atoms with Crippen molar-refractivity contribution in [3.8, 4) is 0 Å². The summed E-state index contributed by atoms with van der Waals surface area (Å²) in [5.41, 5.74) is 6.04. The van der Waals surface area contributed by atoms with Crippen molar-refractivity contribution in [3.05, 3.63) is 24.4 Å². The molecule has 2 unspecified atom stereocenters. The average Bonchev–Trinajstić information content (AvgIpc) is 2.94. The van der Waals surface area contributed by atoms with E-state index in [4.69, 9.17) is 5.73 Å². The topological polar surface area (TPSA) is 62.5 Å². The highest BCUT2D eigenvalue weighted by atomic mass is 35.5. The highest BCUT2D eigenvalue weighted by Gasteiger charge is 2.34. The van der Waals surface area contributed by atoms with Crippen molar-refractivity contribution in [3.63, 3.8) is 0 Å². The number of hydrogen-bond acceptors (Lipinski definition) is 4. The first-order valence-electron chi connectivity index (χ1n) is 7.46. The zero-order valence-electron chi connectivity index (χ0n) is 12.6. The van der Waals surface area contributed by atoms with E-state index in [9.17, 15) is 4.79 Å². The van der Waals surface area contributed by atoms with Gasteiger partial charge in [-0.25, -0.2) is 4.98 Å². The number of rotatable bonds is 2. The molecule has 0 radical (unpaired) electrons. The van der Waals surface area contributed by atoms with E-state index in [1.807, 2.05) is 29.3 Å². The van der Waals surface area contributed by atoms with Gasteiger partial charge in [-0.2, -0.15) is 0 Å². The van der Waals surface area contributed by atoms with Gasteiger partial charge in [0.15, 0.2) is 0 Å². The van der Waals surface area contributed by atoms with Gasteiger partial charge in [0.2, 0.25) is 5.91 Å². The molecule has 1 aliphatic carbocycles. The molecular weight excluding hydrogens is 323 g/mol. The number of halogens is 2. The van der Waals surface area contributed by atoms with Crippen LogP contribution >= 0.6 is 24.8 Å². The maximum absolute atomic E-state index is 12.5. The van der Waals surface area contributed by atoms with E-state index >= 15 is 0 Å². The van der Waals surface area contributed by atoms with Crippen molar-refractivity contribution >= 4 is 36.5 Å². The summed E-state index contributed by atoms with van der Waals surface area (Å²) < 4.78 is 0. The third kappa shape index (κ3) is 4.03. The van der Waals surface area contributed by atoms with E-state index in [-0.39, 0.29) is 42.7 Å². The Hall–Kier alpha value is -1.04. The number of amides is 1. The Morgan fingerprint density at radius 2 is 1.86 bits per heavy atom. The normalized spacial score (nSPS) is 24.4. The first-order valence-corrected chi connectivity index (χ1v) is 7.46. The summed E-state index contributed by atoms with van der Waals surface area (Å²) in [6, 6.07) is 6.00. The lowest BCUT2D eigenvalue weighted by molar-refractivity contribution is -0.136. The second-order valence-corrected chi connectivity index (χ2v) is 5.70. The van der Waals surface area contributed by atoms with E-state index < -0.39 is 0 Å². The summed E-state index contributed by atoms with van der Waals surface area (Å²) in [7, 11) is 0. The van der Waals surface area contributed by atoms with Gasteiger partial charge in [0, 0.05) is 38.4 Å². The fraction of sp³-hybridized carbons (Fsp3) is 0.600. The molecule has 0 spiro atoms. The highest BCUT2D eigenvalue weighted by Crippen LogP contribution is 2.26. The predicted octanol–water partition coefficient (Wildman–Crippen LogP) is 1.70. The molecule has 0 bridgehead atoms. The summed E-state index contributed by atoms with van der Waals surface area (Å²) in [4.78, 5) is 21.0. The fourth-order valence-electron chi connectivity index (χ4n) is 3.23. The van der Waals surface area contributed by atoms with Crippen LogP contribution in [-0.2, 0) is 4.79 Å². The molecule has 2 atom stereocenters. The van der Waals surface area contributed by atoms with E-state index in [1.54, 1.807) is 0 Å². The molecule has 22 heavy (non-hydrogen) atoms. The number of pyridine rings is 1. The van der Waals surface area contributed by atoms with Gasteiger partial charge >= 0.3 is 0 Å². The molecule has 1 saturated heterocycles. The molecule has 2 fully saturated rings. The minimum absolute atomic E-state index is 0. The van der Waals surface area contributed by atoms with Crippen LogP contribution in [0.5, 0.6) is 0 Å². The number of aromatic nitrogens is 1. The van der Waals surface area contributed by atoms with Crippen LogP contribution < -0.4 is 10.6 Å². The second-order valence-electron chi connectivity index (χ2n) is 5.70. The number of carbonyl (C=O) groups excluding carboxylic acids is 1. The third-order valence-electron chi connectivity index (χ3n) is 4.45.